The van der Waals surface area contributed by atoms with Crippen LogP contribution >= 0.6 is 0 Å². The summed E-state index contributed by atoms with van der Waals surface area (Å²) in [6.07, 6.45) is 0.0826. The third kappa shape index (κ3) is 5.79. The van der Waals surface area contributed by atoms with Crippen LogP contribution in [0.1, 0.15) is 29.3 Å². The van der Waals surface area contributed by atoms with Crippen LogP contribution in [0.15, 0.2) is 42.5 Å². The number of nitrogens with zero attached hydrogens (tertiary/aromatic N) is 1. The highest BCUT2D eigenvalue weighted by molar-refractivity contribution is 6.11. The van der Waals surface area contributed by atoms with Crippen molar-refractivity contribution in [1.82, 2.24) is 10.2 Å². The van der Waals surface area contributed by atoms with Crippen molar-refractivity contribution in [3.8, 4) is 5.75 Å². The molecular formula is C23H26N4O6. The standard InChI is InChI=1S/C23H26N4O6/c1-13(9-21(30)33-2)25-20(29)12-27-19(10-14-3-6-16(28)7-4-14)22(31)26-18-8-5-15(24)11-17(18)23(27)32/h3-8,11,13,19,28H,9-10,12,24H2,1-2H3,(H,25,29)(H,26,31). The molecule has 3 rings (SSSR count). The quantitative estimate of drug-likeness (QED) is 0.360. The highest BCUT2D eigenvalue weighted by Crippen LogP contribution is 2.27. The number of aromatic hydroxyl groups is 1. The van der Waals surface area contributed by atoms with E-state index in [-0.39, 0.29) is 24.2 Å². The molecule has 0 saturated carbocycles. The Balaban J connectivity index is 1.89. The SMILES string of the molecule is COC(=O)CC(C)NC(=O)CN1C(=O)c2cc(N)ccc2NC(=O)C1Cc1ccc(O)cc1. The Morgan fingerprint density at radius 1 is 1.21 bits per heavy atom. The Bertz CT molecular complexity index is 1070. The summed E-state index contributed by atoms with van der Waals surface area (Å²) in [6, 6.07) is 9.26. The van der Waals surface area contributed by atoms with Crippen molar-refractivity contribution in [1.29, 1.82) is 0 Å². The van der Waals surface area contributed by atoms with E-state index in [1.165, 1.54) is 30.2 Å². The van der Waals surface area contributed by atoms with Gasteiger partial charge in [-0.25, -0.2) is 0 Å². The first-order valence-electron chi connectivity index (χ1n) is 10.3. The average molecular weight is 454 g/mol. The van der Waals surface area contributed by atoms with Crippen molar-refractivity contribution >= 4 is 35.1 Å². The van der Waals surface area contributed by atoms with E-state index in [4.69, 9.17) is 5.73 Å². The number of benzene rings is 2. The zero-order valence-electron chi connectivity index (χ0n) is 18.3. The maximum atomic E-state index is 13.4. The van der Waals surface area contributed by atoms with Gasteiger partial charge < -0.3 is 31.1 Å². The first-order chi connectivity index (χ1) is 15.7. The summed E-state index contributed by atoms with van der Waals surface area (Å²) in [7, 11) is 1.25. The molecule has 10 heteroatoms. The Morgan fingerprint density at radius 2 is 1.91 bits per heavy atom. The second-order valence-corrected chi connectivity index (χ2v) is 7.86. The molecule has 1 aliphatic rings. The maximum Gasteiger partial charge on any atom is 0.307 e. The molecule has 0 radical (unpaired) electrons. The van der Waals surface area contributed by atoms with Gasteiger partial charge in [0.15, 0.2) is 0 Å². The van der Waals surface area contributed by atoms with E-state index < -0.39 is 42.3 Å². The second-order valence-electron chi connectivity index (χ2n) is 7.86. The number of fused-ring (bicyclic) bond motifs is 1. The van der Waals surface area contributed by atoms with Gasteiger partial charge >= 0.3 is 5.97 Å². The van der Waals surface area contributed by atoms with Gasteiger partial charge in [0.1, 0.15) is 18.3 Å². The molecular weight excluding hydrogens is 428 g/mol. The van der Waals surface area contributed by atoms with Crippen molar-refractivity contribution in [3.05, 3.63) is 53.6 Å². The molecule has 33 heavy (non-hydrogen) atoms. The smallest absolute Gasteiger partial charge is 0.307 e. The van der Waals surface area contributed by atoms with Crippen LogP contribution in [-0.2, 0) is 25.5 Å². The molecule has 5 N–H and O–H groups in total. The molecule has 0 bridgehead atoms. The first-order valence-corrected chi connectivity index (χ1v) is 10.3. The largest absolute Gasteiger partial charge is 0.508 e. The zero-order valence-corrected chi connectivity index (χ0v) is 18.3. The Morgan fingerprint density at radius 3 is 2.58 bits per heavy atom. The number of carbonyl (C=O) groups excluding carboxylic acids is 4. The van der Waals surface area contributed by atoms with Crippen molar-refractivity contribution < 1.29 is 29.0 Å². The van der Waals surface area contributed by atoms with Gasteiger partial charge in [-0.1, -0.05) is 12.1 Å². The zero-order chi connectivity index (χ0) is 24.1. The minimum atomic E-state index is -1.00. The van der Waals surface area contributed by atoms with Gasteiger partial charge in [-0.15, -0.1) is 0 Å². The minimum absolute atomic E-state index is 0.0347. The van der Waals surface area contributed by atoms with Gasteiger partial charge in [0.05, 0.1) is 24.8 Å². The van der Waals surface area contributed by atoms with Crippen LogP contribution < -0.4 is 16.4 Å². The number of esters is 1. The van der Waals surface area contributed by atoms with Gasteiger partial charge in [0.2, 0.25) is 11.8 Å². The Hall–Kier alpha value is -4.08. The lowest BCUT2D eigenvalue weighted by molar-refractivity contribution is -0.141. The number of nitrogens with two attached hydrogens (primary N) is 1. The van der Waals surface area contributed by atoms with Crippen LogP contribution in [-0.4, -0.2) is 59.4 Å². The number of phenols is 1. The van der Waals surface area contributed by atoms with Crippen LogP contribution in [0.2, 0.25) is 0 Å². The second kappa shape index (κ2) is 10.0. The van der Waals surface area contributed by atoms with Crippen molar-refractivity contribution in [2.45, 2.75) is 31.8 Å². The molecule has 174 valence electrons. The number of ether oxygens (including phenoxy) is 1. The maximum absolute atomic E-state index is 13.4. The number of amides is 3. The van der Waals surface area contributed by atoms with E-state index in [9.17, 15) is 24.3 Å². The van der Waals surface area contributed by atoms with Crippen molar-refractivity contribution in [2.75, 3.05) is 24.7 Å². The summed E-state index contributed by atoms with van der Waals surface area (Å²) in [5.74, 6) is -1.94. The molecule has 0 spiro atoms. The molecule has 3 amide bonds. The van der Waals surface area contributed by atoms with Crippen molar-refractivity contribution in [2.24, 2.45) is 0 Å². The number of nitrogen functional groups attached to an aromatic ring is 1. The number of rotatable bonds is 7. The molecule has 2 aromatic carbocycles. The van der Waals surface area contributed by atoms with Gasteiger partial charge in [-0.05, 0) is 42.8 Å². The highest BCUT2D eigenvalue weighted by Gasteiger charge is 2.36. The topological polar surface area (TPSA) is 151 Å². The fourth-order valence-electron chi connectivity index (χ4n) is 3.60. The number of phenolic OH excluding ortho intramolecular Hbond substituents is 1. The third-order valence-electron chi connectivity index (χ3n) is 5.26. The molecule has 1 heterocycles. The molecule has 0 fully saturated rings. The van der Waals surface area contributed by atoms with Crippen molar-refractivity contribution in [3.63, 3.8) is 0 Å². The molecule has 0 aliphatic carbocycles. The fraction of sp³-hybridized carbons (Fsp3) is 0.304. The monoisotopic (exact) mass is 454 g/mol. The lowest BCUT2D eigenvalue weighted by atomic mass is 10.0. The normalized spacial score (nSPS) is 16.3. The number of anilines is 2. The van der Waals surface area contributed by atoms with E-state index in [1.54, 1.807) is 31.2 Å². The number of carbonyl (C=O) groups is 4. The molecule has 0 saturated heterocycles. The van der Waals surface area contributed by atoms with Gasteiger partial charge in [0.25, 0.3) is 5.91 Å². The summed E-state index contributed by atoms with van der Waals surface area (Å²) in [5.41, 5.74) is 7.35. The van der Waals surface area contributed by atoms with Crippen LogP contribution in [0, 0.1) is 0 Å². The summed E-state index contributed by atoms with van der Waals surface area (Å²) in [5, 5.41) is 14.9. The Kier molecular flexibility index (Phi) is 7.17. The highest BCUT2D eigenvalue weighted by atomic mass is 16.5. The first kappa shape index (κ1) is 23.6. The predicted molar refractivity (Wildman–Crippen MR) is 120 cm³/mol. The van der Waals surface area contributed by atoms with Crippen LogP contribution in [0.5, 0.6) is 5.75 Å². The third-order valence-corrected chi connectivity index (χ3v) is 5.26. The Labute approximate surface area is 190 Å². The van der Waals surface area contributed by atoms with Gasteiger partial charge in [-0.3, -0.25) is 19.2 Å². The van der Waals surface area contributed by atoms with E-state index >= 15 is 0 Å². The fourth-order valence-corrected chi connectivity index (χ4v) is 3.60. The van der Waals surface area contributed by atoms with E-state index in [2.05, 4.69) is 15.4 Å². The van der Waals surface area contributed by atoms with E-state index in [0.29, 0.717) is 16.9 Å². The number of methoxy groups -OCH3 is 1. The van der Waals surface area contributed by atoms with Crippen LogP contribution in [0.25, 0.3) is 0 Å². The van der Waals surface area contributed by atoms with E-state index in [0.717, 1.165) is 0 Å². The summed E-state index contributed by atoms with van der Waals surface area (Å²) >= 11 is 0. The minimum Gasteiger partial charge on any atom is -0.508 e. The number of hydrogen-bond donors (Lipinski definition) is 4. The molecule has 2 aromatic rings. The summed E-state index contributed by atoms with van der Waals surface area (Å²) < 4.78 is 4.60. The molecule has 1 aliphatic heterocycles. The molecule has 2 atom stereocenters. The lowest BCUT2D eigenvalue weighted by Crippen LogP contribution is -2.51. The molecule has 2 unspecified atom stereocenters. The summed E-state index contributed by atoms with van der Waals surface area (Å²) in [4.78, 5) is 51.9. The lowest BCUT2D eigenvalue weighted by Gasteiger charge is -2.29. The van der Waals surface area contributed by atoms with Crippen LogP contribution in [0.3, 0.4) is 0 Å². The molecule has 0 aromatic heterocycles. The van der Waals surface area contributed by atoms with Crippen LogP contribution in [0.4, 0.5) is 11.4 Å². The van der Waals surface area contributed by atoms with Gasteiger partial charge in [0, 0.05) is 18.2 Å². The van der Waals surface area contributed by atoms with Gasteiger partial charge in [-0.2, -0.15) is 0 Å². The molecule has 10 nitrogen and oxygen atoms in total. The summed E-state index contributed by atoms with van der Waals surface area (Å²) in [6.45, 7) is 1.23. The number of nitrogens with one attached hydrogen (secondary N) is 2. The average Bonchev–Trinajstić information content (AvgIpc) is 2.85. The van der Waals surface area contributed by atoms with E-state index in [1.807, 2.05) is 0 Å². The number of hydrogen-bond acceptors (Lipinski definition) is 7. The predicted octanol–water partition coefficient (Wildman–Crippen LogP) is 1.05.